The zero-order valence-electron chi connectivity index (χ0n) is 24.9. The number of β-lactam (4-membered cyclic amide) rings is 1. The fraction of sp³-hybridized carbons (Fsp3) is 0.171. The van der Waals surface area contributed by atoms with Crippen molar-refractivity contribution in [1.82, 2.24) is 20.4 Å². The highest BCUT2D eigenvalue weighted by Crippen LogP contribution is 2.45. The summed E-state index contributed by atoms with van der Waals surface area (Å²) in [4.78, 5) is 43.2. The van der Waals surface area contributed by atoms with Crippen LogP contribution in [0.3, 0.4) is 0 Å². The van der Waals surface area contributed by atoms with Gasteiger partial charge in [0.15, 0.2) is 6.10 Å². The third-order valence-corrected chi connectivity index (χ3v) is 10.9. The first-order chi connectivity index (χ1) is 23.0. The Morgan fingerprint density at radius 2 is 1.57 bits per heavy atom. The van der Waals surface area contributed by atoms with E-state index in [1.54, 1.807) is 0 Å². The van der Waals surface area contributed by atoms with Crippen molar-refractivity contribution in [3.05, 3.63) is 141 Å². The number of thioether (sulfide) groups is 1. The average Bonchev–Trinajstić information content (AvgIpc) is 3.82. The molecule has 0 spiro atoms. The van der Waals surface area contributed by atoms with Crippen molar-refractivity contribution in [2.75, 3.05) is 11.1 Å². The van der Waals surface area contributed by atoms with E-state index in [9.17, 15) is 14.4 Å². The number of aromatic nitrogens is 2. The molecule has 1 saturated heterocycles. The maximum absolute atomic E-state index is 14.3. The van der Waals surface area contributed by atoms with Crippen LogP contribution in [0.2, 0.25) is 0 Å². The number of carbonyl (C=O) groups is 3. The zero-order valence-corrected chi connectivity index (χ0v) is 27.4. The smallest absolute Gasteiger partial charge is 0.356 e. The van der Waals surface area contributed by atoms with Crippen LogP contribution >= 0.6 is 34.4 Å². The summed E-state index contributed by atoms with van der Waals surface area (Å²) in [5.74, 6) is -0.871. The second-order valence-electron chi connectivity index (χ2n) is 10.9. The van der Waals surface area contributed by atoms with E-state index in [0.29, 0.717) is 28.0 Å². The van der Waals surface area contributed by atoms with E-state index >= 15 is 0 Å². The summed E-state index contributed by atoms with van der Waals surface area (Å²) in [5, 5.41) is 17.5. The Bertz CT molecular complexity index is 1860. The van der Waals surface area contributed by atoms with Crippen molar-refractivity contribution in [3.63, 3.8) is 0 Å². The van der Waals surface area contributed by atoms with Gasteiger partial charge < -0.3 is 15.4 Å². The molecule has 12 heteroatoms. The molecule has 2 aliphatic rings. The van der Waals surface area contributed by atoms with Crippen molar-refractivity contribution in [2.24, 2.45) is 0 Å². The van der Waals surface area contributed by atoms with Gasteiger partial charge in [0.25, 0.3) is 5.91 Å². The number of fused-ring (bicyclic) bond motifs is 1. The lowest BCUT2D eigenvalue weighted by atomic mass is 10.0. The largest absolute Gasteiger partial charge is 0.448 e. The molecule has 2 N–H and O–H groups in total. The fourth-order valence-corrected chi connectivity index (χ4v) is 8.43. The van der Waals surface area contributed by atoms with Crippen LogP contribution in [0.5, 0.6) is 0 Å². The number of ether oxygens (including phenoxy) is 1. The van der Waals surface area contributed by atoms with Crippen molar-refractivity contribution >= 4 is 62.9 Å². The van der Waals surface area contributed by atoms with Gasteiger partial charge in [-0.15, -0.1) is 33.3 Å². The van der Waals surface area contributed by atoms with Crippen LogP contribution in [0.15, 0.2) is 114 Å². The van der Waals surface area contributed by atoms with Crippen LogP contribution in [0.25, 0.3) is 5.57 Å². The molecule has 4 heterocycles. The lowest BCUT2D eigenvalue weighted by Gasteiger charge is -2.49. The normalized spacial score (nSPS) is 17.2. The molecule has 1 fully saturated rings. The summed E-state index contributed by atoms with van der Waals surface area (Å²) in [6, 6.07) is 32.0. The molecule has 3 aromatic carbocycles. The SMILES string of the molecule is O=C(Cc1cccs1)NC1C(=O)N2C(C(=O)OC(c3ccccc3)c3ccccc3)=C(c3nnc(NCc4ccccc4)s3)CS[C@H]12. The molecule has 2 amide bonds. The quantitative estimate of drug-likeness (QED) is 0.131. The topological polar surface area (TPSA) is 114 Å². The number of thiophene rings is 1. The highest BCUT2D eigenvalue weighted by atomic mass is 32.2. The minimum atomic E-state index is -0.756. The van der Waals surface area contributed by atoms with E-state index in [4.69, 9.17) is 4.74 Å². The molecule has 1 unspecified atom stereocenters. The molecule has 236 valence electrons. The van der Waals surface area contributed by atoms with Gasteiger partial charge in [0.05, 0.1) is 6.42 Å². The second-order valence-corrected chi connectivity index (χ2v) is 14.0. The first-order valence-electron chi connectivity index (χ1n) is 15.0. The van der Waals surface area contributed by atoms with Crippen LogP contribution in [0.1, 0.15) is 32.7 Å². The van der Waals surface area contributed by atoms with Gasteiger partial charge in [-0.05, 0) is 28.1 Å². The number of hydrogen-bond donors (Lipinski definition) is 2. The first kappa shape index (κ1) is 30.9. The minimum Gasteiger partial charge on any atom is -0.448 e. The van der Waals surface area contributed by atoms with Crippen LogP contribution in [-0.4, -0.2) is 50.0 Å². The molecule has 47 heavy (non-hydrogen) atoms. The van der Waals surface area contributed by atoms with Crippen molar-refractivity contribution in [1.29, 1.82) is 0 Å². The molecule has 7 rings (SSSR count). The monoisotopic (exact) mass is 679 g/mol. The molecule has 2 aromatic heterocycles. The second kappa shape index (κ2) is 13.9. The summed E-state index contributed by atoms with van der Waals surface area (Å²) < 4.78 is 6.27. The molecule has 5 aromatic rings. The van der Waals surface area contributed by atoms with Gasteiger partial charge in [0.1, 0.15) is 22.1 Å². The Morgan fingerprint density at radius 1 is 0.894 bits per heavy atom. The third-order valence-electron chi connectivity index (χ3n) is 7.79. The Labute approximate surface area is 283 Å². The van der Waals surface area contributed by atoms with Crippen LogP contribution in [0.4, 0.5) is 5.13 Å². The Kier molecular flexibility index (Phi) is 9.14. The Balaban J connectivity index is 1.19. The lowest BCUT2D eigenvalue weighted by Crippen LogP contribution is -2.70. The summed E-state index contributed by atoms with van der Waals surface area (Å²) in [6.45, 7) is 0.563. The lowest BCUT2D eigenvalue weighted by molar-refractivity contribution is -0.154. The van der Waals surface area contributed by atoms with Gasteiger partial charge >= 0.3 is 5.97 Å². The number of amides is 2. The van der Waals surface area contributed by atoms with Crippen LogP contribution < -0.4 is 10.6 Å². The number of benzene rings is 3. The van der Waals surface area contributed by atoms with E-state index in [-0.39, 0.29) is 23.9 Å². The number of hydrogen-bond acceptors (Lipinski definition) is 10. The Hall–Kier alpha value is -4.78. The van der Waals surface area contributed by atoms with Crippen molar-refractivity contribution < 1.29 is 19.1 Å². The van der Waals surface area contributed by atoms with Crippen molar-refractivity contribution in [3.8, 4) is 0 Å². The van der Waals surface area contributed by atoms with Gasteiger partial charge in [-0.25, -0.2) is 4.79 Å². The van der Waals surface area contributed by atoms with E-state index in [2.05, 4.69) is 20.8 Å². The molecule has 0 saturated carbocycles. The average molecular weight is 680 g/mol. The summed E-state index contributed by atoms with van der Waals surface area (Å²) in [7, 11) is 0. The first-order valence-corrected chi connectivity index (χ1v) is 17.7. The molecule has 2 atom stereocenters. The number of nitrogens with zero attached hydrogens (tertiary/aromatic N) is 3. The van der Waals surface area contributed by atoms with Crippen LogP contribution in [0, 0.1) is 0 Å². The van der Waals surface area contributed by atoms with E-state index in [0.717, 1.165) is 21.6 Å². The van der Waals surface area contributed by atoms with E-state index in [1.165, 1.54) is 39.3 Å². The molecule has 0 bridgehead atoms. The predicted octanol–water partition coefficient (Wildman–Crippen LogP) is 5.90. The summed E-state index contributed by atoms with van der Waals surface area (Å²) in [6.07, 6.45) is -0.518. The number of esters is 1. The molecule has 0 radical (unpaired) electrons. The number of rotatable bonds is 11. The maximum Gasteiger partial charge on any atom is 0.356 e. The summed E-state index contributed by atoms with van der Waals surface area (Å²) >= 11 is 4.28. The van der Waals surface area contributed by atoms with E-state index in [1.807, 2.05) is 109 Å². The van der Waals surface area contributed by atoms with E-state index < -0.39 is 23.5 Å². The molecule has 2 aliphatic heterocycles. The van der Waals surface area contributed by atoms with Gasteiger partial charge in [-0.1, -0.05) is 108 Å². The highest BCUT2D eigenvalue weighted by molar-refractivity contribution is 8.00. The zero-order chi connectivity index (χ0) is 32.2. The van der Waals surface area contributed by atoms with Gasteiger partial charge in [0.2, 0.25) is 11.0 Å². The van der Waals surface area contributed by atoms with Gasteiger partial charge in [-0.2, -0.15) is 0 Å². The number of anilines is 1. The number of carbonyl (C=O) groups excluding carboxylic acids is 3. The third kappa shape index (κ3) is 6.71. The predicted molar refractivity (Wildman–Crippen MR) is 184 cm³/mol. The Morgan fingerprint density at radius 3 is 2.23 bits per heavy atom. The minimum absolute atomic E-state index is 0.130. The molecular formula is C35H29N5O4S3. The highest BCUT2D eigenvalue weighted by Gasteiger charge is 2.55. The molecule has 9 nitrogen and oxygen atoms in total. The molecule has 0 aliphatic carbocycles. The standard InChI is InChI=1S/C35H29N5O4S3/c41-27(19-25-17-10-18-45-25)37-28-32(42)40-29(34(43)44-30(23-13-6-2-7-14-23)24-15-8-3-9-16-24)26(21-46-33(28)40)31-38-39-35(47-31)36-20-22-11-4-1-5-12-22/h1-18,28,30,33H,19-21H2,(H,36,39)(H,37,41)/t28?,33-/m1/s1. The fourth-order valence-electron chi connectivity index (χ4n) is 5.51. The summed E-state index contributed by atoms with van der Waals surface area (Å²) in [5.41, 5.74) is 3.39. The number of nitrogens with one attached hydrogen (secondary N) is 2. The van der Waals surface area contributed by atoms with Gasteiger partial charge in [0, 0.05) is 22.7 Å². The maximum atomic E-state index is 14.3. The van der Waals surface area contributed by atoms with Crippen molar-refractivity contribution in [2.45, 2.75) is 30.5 Å². The molecular weight excluding hydrogens is 651 g/mol. The van der Waals surface area contributed by atoms with Crippen LogP contribution in [-0.2, 0) is 32.1 Å². The van der Waals surface area contributed by atoms with Gasteiger partial charge in [-0.3, -0.25) is 14.5 Å².